The molecule has 1 rings (SSSR count). The van der Waals surface area contributed by atoms with Gasteiger partial charge in [0.15, 0.2) is 0 Å². The summed E-state index contributed by atoms with van der Waals surface area (Å²) in [5, 5.41) is 6.93. The molecule has 0 aromatic heterocycles. The number of hydrogen-bond donors (Lipinski definition) is 1. The summed E-state index contributed by atoms with van der Waals surface area (Å²) in [6.07, 6.45) is 1.80. The molecule has 0 unspecified atom stereocenters. The first-order valence-corrected chi connectivity index (χ1v) is 4.24. The molecule has 4 heteroatoms. The topological polar surface area (TPSA) is 46.0 Å². The highest BCUT2D eigenvalue weighted by Crippen LogP contribution is 2.05. The van der Waals surface area contributed by atoms with E-state index in [1.54, 1.807) is 13.1 Å². The van der Waals surface area contributed by atoms with Crippen LogP contribution in [-0.4, -0.2) is 7.05 Å². The van der Waals surface area contributed by atoms with Crippen LogP contribution in [-0.2, 0) is 11.4 Å². The highest BCUT2D eigenvalue weighted by molar-refractivity contribution is 5.47. The van der Waals surface area contributed by atoms with Crippen LogP contribution in [0, 0.1) is 0 Å². The molecule has 0 saturated carbocycles. The minimum Gasteiger partial charge on any atom is -0.253 e. The van der Waals surface area contributed by atoms with Crippen LogP contribution < -0.4 is 5.59 Å². The van der Waals surface area contributed by atoms with Gasteiger partial charge in [-0.3, -0.25) is 4.84 Å². The lowest BCUT2D eigenvalue weighted by molar-refractivity contribution is 0.0245. The van der Waals surface area contributed by atoms with Gasteiger partial charge < -0.3 is 0 Å². The lowest BCUT2D eigenvalue weighted by atomic mass is 10.1. The Morgan fingerprint density at radius 2 is 2.14 bits per heavy atom. The Morgan fingerprint density at radius 1 is 1.43 bits per heavy atom. The van der Waals surface area contributed by atoms with Gasteiger partial charge >= 0.3 is 0 Å². The summed E-state index contributed by atoms with van der Waals surface area (Å²) in [6, 6.07) is 7.91. The second-order valence-electron chi connectivity index (χ2n) is 2.63. The van der Waals surface area contributed by atoms with E-state index < -0.39 is 0 Å². The van der Waals surface area contributed by atoms with E-state index in [1.165, 1.54) is 0 Å². The summed E-state index contributed by atoms with van der Waals surface area (Å²) in [6.45, 7) is 4.13. The van der Waals surface area contributed by atoms with Crippen LogP contribution in [0.1, 0.15) is 11.1 Å². The van der Waals surface area contributed by atoms with Crippen LogP contribution in [0.5, 0.6) is 0 Å². The van der Waals surface area contributed by atoms with Gasteiger partial charge in [0, 0.05) is 0 Å². The van der Waals surface area contributed by atoms with E-state index in [4.69, 9.17) is 4.84 Å². The molecule has 0 aliphatic heterocycles. The molecule has 0 bridgehead atoms. The van der Waals surface area contributed by atoms with Crippen LogP contribution in [0.4, 0.5) is 0 Å². The summed E-state index contributed by atoms with van der Waals surface area (Å²) < 4.78 is 0. The largest absolute Gasteiger partial charge is 0.253 e. The summed E-state index contributed by atoms with van der Waals surface area (Å²) in [5.41, 5.74) is 4.51. The van der Waals surface area contributed by atoms with Gasteiger partial charge in [0.1, 0.15) is 6.61 Å². The first-order chi connectivity index (χ1) is 6.86. The van der Waals surface area contributed by atoms with Crippen LogP contribution >= 0.6 is 0 Å². The average Bonchev–Trinajstić information content (AvgIpc) is 2.25. The number of nitrogens with one attached hydrogen (secondary N) is 1. The SMILES string of the molecule is C=Cc1ccc(CONN=NC)cc1. The summed E-state index contributed by atoms with van der Waals surface area (Å²) in [5.74, 6) is 0. The number of benzene rings is 1. The standard InChI is InChI=1S/C10H13N3O/c1-3-9-4-6-10(7-5-9)8-14-13-12-11-2/h3-7H,1,8H2,2H3,(H,11,13). The third-order valence-corrected chi connectivity index (χ3v) is 1.66. The fourth-order valence-corrected chi connectivity index (χ4v) is 0.935. The summed E-state index contributed by atoms with van der Waals surface area (Å²) in [7, 11) is 1.56. The maximum atomic E-state index is 5.00. The Labute approximate surface area is 83.2 Å². The fraction of sp³-hybridized carbons (Fsp3) is 0.200. The molecule has 0 saturated heterocycles. The van der Waals surface area contributed by atoms with Gasteiger partial charge in [-0.2, -0.15) is 10.7 Å². The highest BCUT2D eigenvalue weighted by Gasteiger charge is 1.92. The van der Waals surface area contributed by atoms with E-state index in [-0.39, 0.29) is 0 Å². The minimum atomic E-state index is 0.455. The van der Waals surface area contributed by atoms with Crippen molar-refractivity contribution in [2.45, 2.75) is 6.61 Å². The lowest BCUT2D eigenvalue weighted by Gasteiger charge is -2.01. The fourth-order valence-electron chi connectivity index (χ4n) is 0.935. The van der Waals surface area contributed by atoms with Gasteiger partial charge in [0.05, 0.1) is 7.05 Å². The zero-order valence-corrected chi connectivity index (χ0v) is 8.10. The van der Waals surface area contributed by atoms with E-state index >= 15 is 0 Å². The molecule has 1 N–H and O–H groups in total. The van der Waals surface area contributed by atoms with Crippen molar-refractivity contribution in [3.05, 3.63) is 42.0 Å². The van der Waals surface area contributed by atoms with E-state index in [0.29, 0.717) is 6.61 Å². The van der Waals surface area contributed by atoms with Gasteiger partial charge in [-0.05, 0) is 11.1 Å². The molecular weight excluding hydrogens is 178 g/mol. The van der Waals surface area contributed by atoms with E-state index in [9.17, 15) is 0 Å². The Morgan fingerprint density at radius 3 is 2.71 bits per heavy atom. The molecular formula is C10H13N3O. The van der Waals surface area contributed by atoms with Crippen molar-refractivity contribution in [2.24, 2.45) is 10.3 Å². The third kappa shape index (κ3) is 3.37. The quantitative estimate of drug-likeness (QED) is 0.441. The number of rotatable bonds is 5. The van der Waals surface area contributed by atoms with E-state index in [2.05, 4.69) is 22.5 Å². The Hall–Kier alpha value is -1.68. The van der Waals surface area contributed by atoms with Crippen molar-refractivity contribution in [3.8, 4) is 0 Å². The maximum absolute atomic E-state index is 5.00. The average molecular weight is 191 g/mol. The predicted molar refractivity (Wildman–Crippen MR) is 55.2 cm³/mol. The summed E-state index contributed by atoms with van der Waals surface area (Å²) >= 11 is 0. The Bertz CT molecular complexity index is 306. The molecule has 0 spiro atoms. The third-order valence-electron chi connectivity index (χ3n) is 1.66. The van der Waals surface area contributed by atoms with Crippen molar-refractivity contribution in [2.75, 3.05) is 7.05 Å². The first kappa shape index (κ1) is 10.4. The van der Waals surface area contributed by atoms with Gasteiger partial charge in [-0.15, -0.1) is 0 Å². The molecule has 0 heterocycles. The molecule has 0 atom stereocenters. The molecule has 0 amide bonds. The Kier molecular flexibility index (Phi) is 4.37. The number of nitrogens with zero attached hydrogens (tertiary/aromatic N) is 2. The maximum Gasteiger partial charge on any atom is 0.102 e. The molecule has 74 valence electrons. The predicted octanol–water partition coefficient (Wildman–Crippen LogP) is 2.35. The highest BCUT2D eigenvalue weighted by atomic mass is 16.7. The monoisotopic (exact) mass is 191 g/mol. The normalized spacial score (nSPS) is 10.4. The summed E-state index contributed by atoms with van der Waals surface area (Å²) in [4.78, 5) is 5.00. The van der Waals surface area contributed by atoms with Gasteiger partial charge in [-0.25, -0.2) is 0 Å². The zero-order chi connectivity index (χ0) is 10.2. The second-order valence-corrected chi connectivity index (χ2v) is 2.63. The lowest BCUT2D eigenvalue weighted by Crippen LogP contribution is -2.05. The van der Waals surface area contributed by atoms with Crippen molar-refractivity contribution in [3.63, 3.8) is 0 Å². The van der Waals surface area contributed by atoms with E-state index in [1.807, 2.05) is 24.3 Å². The molecule has 4 nitrogen and oxygen atoms in total. The van der Waals surface area contributed by atoms with E-state index in [0.717, 1.165) is 11.1 Å². The van der Waals surface area contributed by atoms with Crippen molar-refractivity contribution < 1.29 is 4.84 Å². The molecule has 0 aliphatic carbocycles. The van der Waals surface area contributed by atoms with Gasteiger partial charge in [-0.1, -0.05) is 42.1 Å². The zero-order valence-electron chi connectivity index (χ0n) is 8.10. The van der Waals surface area contributed by atoms with Crippen LogP contribution in [0.3, 0.4) is 0 Å². The molecule has 0 radical (unpaired) electrons. The molecule has 0 fully saturated rings. The van der Waals surface area contributed by atoms with Crippen LogP contribution in [0.25, 0.3) is 6.08 Å². The van der Waals surface area contributed by atoms with Crippen molar-refractivity contribution >= 4 is 6.08 Å². The van der Waals surface area contributed by atoms with Crippen molar-refractivity contribution in [1.29, 1.82) is 0 Å². The molecule has 1 aromatic carbocycles. The minimum absolute atomic E-state index is 0.455. The second kappa shape index (κ2) is 5.88. The number of hydrogen-bond acceptors (Lipinski definition) is 3. The Balaban J connectivity index is 2.39. The van der Waals surface area contributed by atoms with Gasteiger partial charge in [0.25, 0.3) is 0 Å². The molecule has 14 heavy (non-hydrogen) atoms. The molecule has 1 aromatic rings. The molecule has 0 aliphatic rings. The van der Waals surface area contributed by atoms with Crippen LogP contribution in [0.2, 0.25) is 0 Å². The first-order valence-electron chi connectivity index (χ1n) is 4.24. The van der Waals surface area contributed by atoms with Gasteiger partial charge in [0.2, 0.25) is 0 Å². The smallest absolute Gasteiger partial charge is 0.102 e. The van der Waals surface area contributed by atoms with Crippen molar-refractivity contribution in [1.82, 2.24) is 5.59 Å². The van der Waals surface area contributed by atoms with Crippen LogP contribution in [0.15, 0.2) is 41.2 Å².